The Morgan fingerprint density at radius 3 is 2.11 bits per heavy atom. The first-order valence-corrected chi connectivity index (χ1v) is 17.0. The molecule has 7 nitrogen and oxygen atoms in total. The molecule has 0 bridgehead atoms. The van der Waals surface area contributed by atoms with Crippen LogP contribution in [0.3, 0.4) is 0 Å². The van der Waals surface area contributed by atoms with Crippen molar-refractivity contribution in [3.8, 4) is 28.1 Å². The Hall–Kier alpha value is -4.24. The first-order chi connectivity index (χ1) is 21.7. The minimum atomic E-state index is -3.89. The van der Waals surface area contributed by atoms with E-state index in [0.29, 0.717) is 33.8 Å². The molecule has 1 aliphatic heterocycles. The maximum absolute atomic E-state index is 12.4. The van der Waals surface area contributed by atoms with Crippen molar-refractivity contribution in [3.05, 3.63) is 136 Å². The van der Waals surface area contributed by atoms with Gasteiger partial charge in [0.05, 0.1) is 22.6 Å². The number of rotatable bonds is 7. The van der Waals surface area contributed by atoms with Gasteiger partial charge in [0, 0.05) is 28.9 Å². The molecule has 5 aromatic rings. The van der Waals surface area contributed by atoms with Crippen LogP contribution in [-0.4, -0.2) is 23.1 Å². The van der Waals surface area contributed by atoms with Gasteiger partial charge in [-0.2, -0.15) is 8.42 Å². The van der Waals surface area contributed by atoms with E-state index < -0.39 is 16.1 Å². The van der Waals surface area contributed by atoms with Crippen molar-refractivity contribution in [2.45, 2.75) is 38.0 Å². The molecule has 0 amide bonds. The number of imidazole rings is 1. The van der Waals surface area contributed by atoms with Gasteiger partial charge in [-0.15, -0.1) is 0 Å². The molecule has 4 aromatic carbocycles. The van der Waals surface area contributed by atoms with Crippen LogP contribution in [-0.2, 0) is 16.6 Å². The number of hydrogen-bond donors (Lipinski definition) is 2. The molecule has 2 N–H and O–H groups in total. The summed E-state index contributed by atoms with van der Waals surface area (Å²) in [4.78, 5) is 4.98. The molecular weight excluding hydrogens is 627 g/mol. The van der Waals surface area contributed by atoms with Crippen LogP contribution in [0.2, 0.25) is 10.0 Å². The van der Waals surface area contributed by atoms with Gasteiger partial charge < -0.3 is 9.67 Å². The third-order valence-electron chi connectivity index (χ3n) is 8.49. The van der Waals surface area contributed by atoms with E-state index in [4.69, 9.17) is 28.2 Å². The summed E-state index contributed by atoms with van der Waals surface area (Å²) in [7, 11) is -3.89. The number of nitrogens with one attached hydrogen (secondary N) is 1. The Labute approximate surface area is 272 Å². The molecule has 0 spiro atoms. The van der Waals surface area contributed by atoms with Crippen LogP contribution in [0.1, 0.15) is 48.6 Å². The van der Waals surface area contributed by atoms with Gasteiger partial charge in [-0.25, -0.2) is 14.0 Å². The Kier molecular flexibility index (Phi) is 7.81. The summed E-state index contributed by atoms with van der Waals surface area (Å²) in [5.74, 6) is 1.04. The van der Waals surface area contributed by atoms with Crippen LogP contribution in [0.25, 0.3) is 28.1 Å². The van der Waals surface area contributed by atoms with Gasteiger partial charge in [0.15, 0.2) is 0 Å². The molecule has 0 unspecified atom stereocenters. The average Bonchev–Trinajstić information content (AvgIpc) is 3.77. The zero-order valence-electron chi connectivity index (χ0n) is 24.2. The number of hydrogen-bond acceptors (Lipinski definition) is 4. The summed E-state index contributed by atoms with van der Waals surface area (Å²) in [6, 6.07) is 29.8. The van der Waals surface area contributed by atoms with Crippen molar-refractivity contribution in [2.75, 3.05) is 4.31 Å². The van der Waals surface area contributed by atoms with Gasteiger partial charge >= 0.3 is 10.2 Å². The molecule has 0 atom stereocenters. The number of aliphatic hydroxyl groups excluding tert-OH is 1. The summed E-state index contributed by atoms with van der Waals surface area (Å²) in [5, 5.41) is 10.7. The van der Waals surface area contributed by atoms with E-state index >= 15 is 0 Å². The highest BCUT2D eigenvalue weighted by Crippen LogP contribution is 2.35. The third kappa shape index (κ3) is 6.06. The Morgan fingerprint density at radius 2 is 1.49 bits per heavy atom. The van der Waals surface area contributed by atoms with Crippen molar-refractivity contribution < 1.29 is 13.5 Å². The van der Waals surface area contributed by atoms with Gasteiger partial charge in [0.2, 0.25) is 5.88 Å². The highest BCUT2D eigenvalue weighted by Gasteiger charge is 2.28. The van der Waals surface area contributed by atoms with E-state index in [1.807, 2.05) is 29.0 Å². The van der Waals surface area contributed by atoms with E-state index in [-0.39, 0.29) is 0 Å². The molecule has 10 heteroatoms. The molecule has 1 fully saturated rings. The highest BCUT2D eigenvalue weighted by molar-refractivity contribution is 7.91. The third-order valence-corrected chi connectivity index (χ3v) is 10.3. The van der Waals surface area contributed by atoms with E-state index in [2.05, 4.69) is 53.3 Å². The topological polar surface area (TPSA) is 87.5 Å². The van der Waals surface area contributed by atoms with Gasteiger partial charge in [0.25, 0.3) is 0 Å². The predicted molar refractivity (Wildman–Crippen MR) is 180 cm³/mol. The summed E-state index contributed by atoms with van der Waals surface area (Å²) >= 11 is 12.7. The molecule has 1 saturated carbocycles. The molecule has 1 aliphatic carbocycles. The van der Waals surface area contributed by atoms with Gasteiger partial charge in [0.1, 0.15) is 5.82 Å². The van der Waals surface area contributed by atoms with E-state index in [1.54, 1.807) is 24.3 Å². The van der Waals surface area contributed by atoms with Gasteiger partial charge in [-0.3, -0.25) is 0 Å². The monoisotopic (exact) mass is 656 g/mol. The second kappa shape index (κ2) is 11.9. The Balaban J connectivity index is 1.18. The van der Waals surface area contributed by atoms with Gasteiger partial charge in [-0.05, 0) is 83.5 Å². The standard InChI is InChI=1S/C35H30Cl2N4O3S/c36-28-13-18-31(32(37)20-28)33-21-40(29-14-16-30(17-15-29)41-22-35(42)39-45(41,43)44)34(38-33)19-23-5-7-25(8-6-23)27-11-9-26(10-12-27)24-3-1-2-4-24/h5-18,20-22,24,39,42H,1-4,19H2. The molecule has 2 heterocycles. The maximum atomic E-state index is 12.4. The highest BCUT2D eigenvalue weighted by atomic mass is 35.5. The maximum Gasteiger partial charge on any atom is 0.330 e. The van der Waals surface area contributed by atoms with Crippen LogP contribution in [0.15, 0.2) is 109 Å². The molecule has 2 aliphatic rings. The molecule has 7 rings (SSSR count). The van der Waals surface area contributed by atoms with Crippen LogP contribution in [0.5, 0.6) is 0 Å². The quantitative estimate of drug-likeness (QED) is 0.183. The smallest absolute Gasteiger partial charge is 0.330 e. The first kappa shape index (κ1) is 29.5. The minimum Gasteiger partial charge on any atom is -0.493 e. The van der Waals surface area contributed by atoms with Crippen molar-refractivity contribution in [1.29, 1.82) is 0 Å². The van der Waals surface area contributed by atoms with Gasteiger partial charge in [-0.1, -0.05) is 84.6 Å². The lowest BCUT2D eigenvalue weighted by atomic mass is 9.95. The fraction of sp³-hybridized carbons (Fsp3) is 0.171. The number of benzene rings is 4. The zero-order valence-corrected chi connectivity index (χ0v) is 26.5. The number of aromatic nitrogens is 2. The fourth-order valence-electron chi connectivity index (χ4n) is 6.16. The van der Waals surface area contributed by atoms with Crippen LogP contribution < -0.4 is 9.03 Å². The van der Waals surface area contributed by atoms with Crippen molar-refractivity contribution in [3.63, 3.8) is 0 Å². The predicted octanol–water partition coefficient (Wildman–Crippen LogP) is 8.77. The van der Waals surface area contributed by atoms with E-state index in [9.17, 15) is 13.5 Å². The number of nitrogens with zero attached hydrogens (tertiary/aromatic N) is 3. The number of aliphatic hydroxyl groups is 1. The molecule has 0 radical (unpaired) electrons. The molecule has 1 aromatic heterocycles. The first-order valence-electron chi connectivity index (χ1n) is 14.8. The van der Waals surface area contributed by atoms with Crippen LogP contribution in [0.4, 0.5) is 5.69 Å². The molecular formula is C35H30Cl2N4O3S. The summed E-state index contributed by atoms with van der Waals surface area (Å²) < 4.78 is 29.7. The van der Waals surface area contributed by atoms with Crippen molar-refractivity contribution in [1.82, 2.24) is 14.3 Å². The lowest BCUT2D eigenvalue weighted by Crippen LogP contribution is -2.29. The largest absolute Gasteiger partial charge is 0.493 e. The lowest BCUT2D eigenvalue weighted by Gasteiger charge is -2.15. The van der Waals surface area contributed by atoms with Crippen molar-refractivity contribution in [2.24, 2.45) is 0 Å². The second-order valence-corrected chi connectivity index (χ2v) is 13.8. The lowest BCUT2D eigenvalue weighted by molar-refractivity contribution is 0.392. The zero-order chi connectivity index (χ0) is 31.1. The Morgan fingerprint density at radius 1 is 0.844 bits per heavy atom. The molecule has 45 heavy (non-hydrogen) atoms. The second-order valence-electron chi connectivity index (χ2n) is 11.4. The minimum absolute atomic E-state index is 0.379. The van der Waals surface area contributed by atoms with E-state index in [0.717, 1.165) is 38.7 Å². The summed E-state index contributed by atoms with van der Waals surface area (Å²) in [6.45, 7) is 0. The Bertz CT molecular complexity index is 2000. The van der Waals surface area contributed by atoms with Crippen LogP contribution in [0, 0.1) is 0 Å². The van der Waals surface area contributed by atoms with E-state index in [1.165, 1.54) is 36.8 Å². The fourth-order valence-corrected chi connectivity index (χ4v) is 7.72. The average molecular weight is 658 g/mol. The molecule has 228 valence electrons. The number of halogens is 2. The number of anilines is 1. The SMILES string of the molecule is O=S1(=O)NC(O)=CN1c1ccc(-n2cc(-c3ccc(Cl)cc3Cl)nc2Cc2ccc(-c3ccc(C4CCCC4)cc3)cc2)cc1. The molecule has 0 saturated heterocycles. The van der Waals surface area contributed by atoms with Crippen LogP contribution >= 0.6 is 23.2 Å². The summed E-state index contributed by atoms with van der Waals surface area (Å²) in [5.41, 5.74) is 7.50. The normalized spacial score (nSPS) is 16.1. The summed E-state index contributed by atoms with van der Waals surface area (Å²) in [6.07, 6.45) is 8.83. The van der Waals surface area contributed by atoms with Crippen molar-refractivity contribution >= 4 is 39.1 Å².